The zero-order valence-corrected chi connectivity index (χ0v) is 13.3. The molecule has 0 amide bonds. The molecule has 4 rings (SSSR count). The Balaban J connectivity index is 1.65. The van der Waals surface area contributed by atoms with Crippen molar-refractivity contribution >= 4 is 11.8 Å². The van der Waals surface area contributed by atoms with Gasteiger partial charge in [0.2, 0.25) is 0 Å². The minimum Gasteiger partial charge on any atom is -0.477 e. The van der Waals surface area contributed by atoms with Gasteiger partial charge < -0.3 is 14.7 Å². The number of methoxy groups -OCH3 is 1. The monoisotopic (exact) mass is 329 g/mol. The van der Waals surface area contributed by atoms with Crippen LogP contribution in [0, 0.1) is 0 Å². The van der Waals surface area contributed by atoms with Gasteiger partial charge in [-0.15, -0.1) is 0 Å². The van der Waals surface area contributed by atoms with Crippen molar-refractivity contribution in [1.82, 2.24) is 20.2 Å². The minimum absolute atomic E-state index is 0.0309. The maximum absolute atomic E-state index is 11.2. The molecule has 0 spiro atoms. The Bertz CT molecular complexity index is 758. The summed E-state index contributed by atoms with van der Waals surface area (Å²) in [5.74, 6) is 1.73. The van der Waals surface area contributed by atoms with E-state index in [4.69, 9.17) is 4.74 Å². The van der Waals surface area contributed by atoms with Gasteiger partial charge >= 0.3 is 5.97 Å². The Morgan fingerprint density at radius 3 is 2.92 bits per heavy atom. The molecule has 2 N–H and O–H groups in total. The van der Waals surface area contributed by atoms with E-state index in [1.165, 1.54) is 6.07 Å². The topological polar surface area (TPSA) is 104 Å². The number of H-pyrrole nitrogens is 1. The molecule has 1 aliphatic heterocycles. The molecule has 8 heteroatoms. The van der Waals surface area contributed by atoms with Gasteiger partial charge in [0, 0.05) is 26.0 Å². The highest BCUT2D eigenvalue weighted by molar-refractivity contribution is 5.85. The summed E-state index contributed by atoms with van der Waals surface area (Å²) in [7, 11) is 1.68. The number of nitrogens with zero attached hydrogens (tertiary/aromatic N) is 4. The first-order valence-corrected chi connectivity index (χ1v) is 8.07. The molecule has 1 aliphatic carbocycles. The summed E-state index contributed by atoms with van der Waals surface area (Å²) in [5, 5.41) is 16.5. The van der Waals surface area contributed by atoms with Crippen molar-refractivity contribution in [2.75, 3.05) is 18.6 Å². The van der Waals surface area contributed by atoms with E-state index in [1.54, 1.807) is 13.2 Å². The van der Waals surface area contributed by atoms with Crippen molar-refractivity contribution in [3.8, 4) is 0 Å². The average molecular weight is 329 g/mol. The zero-order chi connectivity index (χ0) is 16.7. The Morgan fingerprint density at radius 2 is 2.21 bits per heavy atom. The number of carboxylic acids is 1. The van der Waals surface area contributed by atoms with Crippen LogP contribution in [0.5, 0.6) is 0 Å². The smallest absolute Gasteiger partial charge is 0.354 e. The number of rotatable bonds is 5. The lowest BCUT2D eigenvalue weighted by Gasteiger charge is -2.23. The Labute approximate surface area is 138 Å². The van der Waals surface area contributed by atoms with Gasteiger partial charge in [-0.2, -0.15) is 5.10 Å². The Kier molecular flexibility index (Phi) is 3.68. The molecular weight excluding hydrogens is 310 g/mol. The average Bonchev–Trinajstić information content (AvgIpc) is 3.17. The third-order valence-corrected chi connectivity index (χ3v) is 4.62. The second-order valence-electron chi connectivity index (χ2n) is 6.30. The SMILES string of the molecule is CO[C@@H]1C[C@@H](c2nc(C3CC3)n[nH]2)N(c2cccc(C(=O)O)n2)C1. The van der Waals surface area contributed by atoms with Gasteiger partial charge in [-0.05, 0) is 25.0 Å². The number of aromatic carboxylic acids is 1. The van der Waals surface area contributed by atoms with E-state index in [1.807, 2.05) is 11.0 Å². The van der Waals surface area contributed by atoms with E-state index in [-0.39, 0.29) is 17.8 Å². The van der Waals surface area contributed by atoms with Gasteiger partial charge in [0.15, 0.2) is 11.5 Å². The number of pyridine rings is 1. The van der Waals surface area contributed by atoms with Gasteiger partial charge in [-0.1, -0.05) is 6.07 Å². The van der Waals surface area contributed by atoms with Gasteiger partial charge in [0.1, 0.15) is 11.6 Å². The lowest BCUT2D eigenvalue weighted by Crippen LogP contribution is -2.26. The summed E-state index contributed by atoms with van der Waals surface area (Å²) in [5.41, 5.74) is 0.0309. The molecule has 2 atom stereocenters. The molecule has 126 valence electrons. The van der Waals surface area contributed by atoms with Crippen LogP contribution >= 0.6 is 0 Å². The molecule has 8 nitrogen and oxygen atoms in total. The van der Waals surface area contributed by atoms with Crippen molar-refractivity contribution in [3.05, 3.63) is 35.5 Å². The fourth-order valence-electron chi connectivity index (χ4n) is 3.14. The van der Waals surface area contributed by atoms with Crippen molar-refractivity contribution in [3.63, 3.8) is 0 Å². The van der Waals surface area contributed by atoms with Gasteiger partial charge in [0.25, 0.3) is 0 Å². The van der Waals surface area contributed by atoms with Gasteiger partial charge in [-0.3, -0.25) is 5.10 Å². The second kappa shape index (κ2) is 5.86. The van der Waals surface area contributed by atoms with E-state index in [0.717, 1.165) is 30.9 Å². The first-order valence-electron chi connectivity index (χ1n) is 8.07. The predicted octanol–water partition coefficient (Wildman–Crippen LogP) is 1.74. The summed E-state index contributed by atoms with van der Waals surface area (Å²) < 4.78 is 5.51. The van der Waals surface area contributed by atoms with Crippen LogP contribution in [0.4, 0.5) is 5.82 Å². The first-order chi connectivity index (χ1) is 11.7. The van der Waals surface area contributed by atoms with E-state index in [9.17, 15) is 9.90 Å². The molecule has 1 saturated carbocycles. The maximum Gasteiger partial charge on any atom is 0.354 e. The third-order valence-electron chi connectivity index (χ3n) is 4.62. The number of aromatic nitrogens is 4. The largest absolute Gasteiger partial charge is 0.477 e. The van der Waals surface area contributed by atoms with Crippen molar-refractivity contribution in [2.45, 2.75) is 37.3 Å². The summed E-state index contributed by atoms with van der Waals surface area (Å²) in [6.07, 6.45) is 3.09. The van der Waals surface area contributed by atoms with Crippen LogP contribution in [0.2, 0.25) is 0 Å². The number of carboxylic acid groups (broad SMARTS) is 1. The van der Waals surface area contributed by atoms with E-state index < -0.39 is 5.97 Å². The van der Waals surface area contributed by atoms with E-state index in [2.05, 4.69) is 20.2 Å². The van der Waals surface area contributed by atoms with Gasteiger partial charge in [-0.25, -0.2) is 14.8 Å². The molecule has 2 aromatic rings. The zero-order valence-electron chi connectivity index (χ0n) is 13.3. The molecule has 24 heavy (non-hydrogen) atoms. The summed E-state index contributed by atoms with van der Waals surface area (Å²) >= 11 is 0. The number of nitrogens with one attached hydrogen (secondary N) is 1. The van der Waals surface area contributed by atoms with Crippen LogP contribution in [-0.4, -0.2) is 51.0 Å². The molecule has 2 fully saturated rings. The third kappa shape index (κ3) is 2.73. The molecular formula is C16H19N5O3. The molecule has 1 saturated heterocycles. The van der Waals surface area contributed by atoms with Crippen LogP contribution in [0.15, 0.2) is 18.2 Å². The van der Waals surface area contributed by atoms with Crippen molar-refractivity contribution < 1.29 is 14.6 Å². The highest BCUT2D eigenvalue weighted by Crippen LogP contribution is 2.40. The normalized spacial score (nSPS) is 23.6. The van der Waals surface area contributed by atoms with Crippen LogP contribution in [0.3, 0.4) is 0 Å². The molecule has 0 bridgehead atoms. The number of ether oxygens (including phenoxy) is 1. The number of hydrogen-bond donors (Lipinski definition) is 2. The number of hydrogen-bond acceptors (Lipinski definition) is 6. The fraction of sp³-hybridized carbons (Fsp3) is 0.500. The van der Waals surface area contributed by atoms with Gasteiger partial charge in [0.05, 0.1) is 12.1 Å². The number of carbonyl (C=O) groups is 1. The van der Waals surface area contributed by atoms with Crippen molar-refractivity contribution in [1.29, 1.82) is 0 Å². The van der Waals surface area contributed by atoms with Crippen molar-refractivity contribution in [2.24, 2.45) is 0 Å². The van der Waals surface area contributed by atoms with Crippen LogP contribution in [0.1, 0.15) is 53.4 Å². The maximum atomic E-state index is 11.2. The Morgan fingerprint density at radius 1 is 1.38 bits per heavy atom. The summed E-state index contributed by atoms with van der Waals surface area (Å²) in [4.78, 5) is 22.1. The van der Waals surface area contributed by atoms with Crippen LogP contribution in [0.25, 0.3) is 0 Å². The lowest BCUT2D eigenvalue weighted by molar-refractivity contribution is 0.0690. The minimum atomic E-state index is -1.04. The van der Waals surface area contributed by atoms with Crippen LogP contribution < -0.4 is 4.90 Å². The molecule has 2 aliphatic rings. The first kappa shape index (κ1) is 15.1. The standard InChI is InChI=1S/C16H19N5O3/c1-24-10-7-12(15-18-14(19-20-15)9-5-6-9)21(8-10)13-4-2-3-11(17-13)16(22)23/h2-4,9-10,12H,5-8H2,1H3,(H,22,23)(H,18,19,20)/t10-,12+/m1/s1. The highest BCUT2D eigenvalue weighted by Gasteiger charge is 2.37. The fourth-order valence-corrected chi connectivity index (χ4v) is 3.14. The quantitative estimate of drug-likeness (QED) is 0.861. The molecule has 0 radical (unpaired) electrons. The molecule has 0 unspecified atom stereocenters. The lowest BCUT2D eigenvalue weighted by atomic mass is 10.2. The van der Waals surface area contributed by atoms with Crippen LogP contribution in [-0.2, 0) is 4.74 Å². The molecule has 3 heterocycles. The Hall–Kier alpha value is -2.48. The molecule has 0 aromatic carbocycles. The second-order valence-corrected chi connectivity index (χ2v) is 6.30. The van der Waals surface area contributed by atoms with E-state index >= 15 is 0 Å². The predicted molar refractivity (Wildman–Crippen MR) is 85.1 cm³/mol. The summed E-state index contributed by atoms with van der Waals surface area (Å²) in [6.45, 7) is 0.636. The van der Waals surface area contributed by atoms with E-state index in [0.29, 0.717) is 18.3 Å². The highest BCUT2D eigenvalue weighted by atomic mass is 16.5. The summed E-state index contributed by atoms with van der Waals surface area (Å²) in [6, 6.07) is 4.96. The number of anilines is 1. The molecule has 2 aromatic heterocycles. The number of aromatic amines is 1.